The van der Waals surface area contributed by atoms with Crippen molar-refractivity contribution in [1.82, 2.24) is 4.31 Å². The van der Waals surface area contributed by atoms with Crippen molar-refractivity contribution in [2.24, 2.45) is 0 Å². The number of sulfonamides is 1. The minimum Gasteiger partial charge on any atom is -0.545 e. The van der Waals surface area contributed by atoms with Gasteiger partial charge in [-0.1, -0.05) is 18.2 Å². The number of morpholine rings is 1. The van der Waals surface area contributed by atoms with Crippen molar-refractivity contribution >= 4 is 54.9 Å². The van der Waals surface area contributed by atoms with Crippen LogP contribution in [0.2, 0.25) is 0 Å². The maximum atomic E-state index is 12.8. The van der Waals surface area contributed by atoms with E-state index in [1.165, 1.54) is 28.6 Å². The molecule has 2 aromatic rings. The summed E-state index contributed by atoms with van der Waals surface area (Å²) in [6.07, 6.45) is 0. The van der Waals surface area contributed by atoms with E-state index in [1.54, 1.807) is 6.07 Å². The molecule has 0 atom stereocenters. The van der Waals surface area contributed by atoms with E-state index < -0.39 is 21.9 Å². The fourth-order valence-corrected chi connectivity index (χ4v) is 6.34. The van der Waals surface area contributed by atoms with E-state index >= 15 is 0 Å². The van der Waals surface area contributed by atoms with Gasteiger partial charge in [0, 0.05) is 18.7 Å². The normalized spacial score (nSPS) is 15.4. The zero-order valence-electron chi connectivity index (χ0n) is 13.8. The third-order valence-electron chi connectivity index (χ3n) is 3.86. The maximum Gasteiger partial charge on any atom is 0.265 e. The lowest BCUT2D eigenvalue weighted by molar-refractivity contribution is -0.254. The zero-order chi connectivity index (χ0) is 19.6. The topological polar surface area (TPSA) is 116 Å². The van der Waals surface area contributed by atoms with Crippen LogP contribution in [0.5, 0.6) is 0 Å². The van der Waals surface area contributed by atoms with Crippen LogP contribution in [0.4, 0.5) is 5.69 Å². The molecule has 1 aromatic heterocycles. The molecule has 0 radical (unpaired) electrons. The monoisotopic (exact) mass is 473 g/mol. The van der Waals surface area contributed by atoms with Crippen LogP contribution in [0.3, 0.4) is 0 Å². The summed E-state index contributed by atoms with van der Waals surface area (Å²) < 4.78 is 32.3. The lowest BCUT2D eigenvalue weighted by atomic mass is 10.2. The zero-order valence-corrected chi connectivity index (χ0v) is 17.0. The molecule has 144 valence electrons. The molecule has 1 aliphatic heterocycles. The molecule has 1 saturated heterocycles. The first-order chi connectivity index (χ1) is 12.8. The number of carbonyl (C=O) groups is 2. The third kappa shape index (κ3) is 4.22. The van der Waals surface area contributed by atoms with Gasteiger partial charge in [-0.3, -0.25) is 4.79 Å². The number of amides is 1. The Morgan fingerprint density at radius 3 is 2.56 bits per heavy atom. The molecule has 27 heavy (non-hydrogen) atoms. The molecule has 3 rings (SSSR count). The van der Waals surface area contributed by atoms with Gasteiger partial charge in [-0.2, -0.15) is 4.31 Å². The molecule has 0 unspecified atom stereocenters. The largest absolute Gasteiger partial charge is 0.545 e. The van der Waals surface area contributed by atoms with E-state index in [0.29, 0.717) is 17.0 Å². The van der Waals surface area contributed by atoms with Crippen molar-refractivity contribution in [3.05, 3.63) is 44.6 Å². The number of ether oxygens (including phenoxy) is 1. The van der Waals surface area contributed by atoms with Gasteiger partial charge in [0.05, 0.1) is 33.5 Å². The summed E-state index contributed by atoms with van der Waals surface area (Å²) in [5, 5.41) is 13.6. The lowest BCUT2D eigenvalue weighted by Crippen LogP contribution is -2.40. The summed E-state index contributed by atoms with van der Waals surface area (Å²) >= 11 is 4.16. The van der Waals surface area contributed by atoms with Crippen LogP contribution < -0.4 is 10.4 Å². The van der Waals surface area contributed by atoms with Crippen LogP contribution in [0.25, 0.3) is 0 Å². The molecule has 11 heteroatoms. The van der Waals surface area contributed by atoms with E-state index in [0.717, 1.165) is 11.3 Å². The number of halogens is 1. The number of para-hydroxylation sites is 1. The Hall–Kier alpha value is -1.79. The molecule has 1 fully saturated rings. The smallest absolute Gasteiger partial charge is 0.265 e. The second-order valence-electron chi connectivity index (χ2n) is 5.55. The Morgan fingerprint density at radius 2 is 1.89 bits per heavy atom. The van der Waals surface area contributed by atoms with E-state index in [1.807, 2.05) is 0 Å². The van der Waals surface area contributed by atoms with Crippen LogP contribution >= 0.6 is 27.3 Å². The van der Waals surface area contributed by atoms with E-state index in [9.17, 15) is 23.1 Å². The van der Waals surface area contributed by atoms with Crippen molar-refractivity contribution in [3.63, 3.8) is 0 Å². The Balaban J connectivity index is 1.86. The van der Waals surface area contributed by atoms with E-state index in [-0.39, 0.29) is 34.1 Å². The van der Waals surface area contributed by atoms with E-state index in [2.05, 4.69) is 21.2 Å². The molecular formula is C16H14BrN2O6S2-. The number of nitrogens with zero attached hydrogens (tertiary/aromatic N) is 1. The molecule has 2 heterocycles. The second kappa shape index (κ2) is 8.07. The quantitative estimate of drug-likeness (QED) is 0.695. The minimum atomic E-state index is -3.77. The van der Waals surface area contributed by atoms with Crippen molar-refractivity contribution in [2.45, 2.75) is 4.90 Å². The fraction of sp³-hybridized carbons (Fsp3) is 0.250. The third-order valence-corrected chi connectivity index (χ3v) is 8.01. The minimum absolute atomic E-state index is 0.00673. The molecule has 0 saturated carbocycles. The van der Waals surface area contributed by atoms with Gasteiger partial charge in [0.15, 0.2) is 0 Å². The summed E-state index contributed by atoms with van der Waals surface area (Å²) in [5.41, 5.74) is -0.0905. The average Bonchev–Trinajstić information content (AvgIpc) is 3.05. The number of rotatable bonds is 5. The molecule has 1 amide bonds. The molecule has 0 spiro atoms. The highest BCUT2D eigenvalue weighted by atomic mass is 79.9. The number of hydrogen-bond donors (Lipinski definition) is 1. The van der Waals surface area contributed by atoms with Gasteiger partial charge in [0.1, 0.15) is 4.90 Å². The SMILES string of the molecule is O=C(Nc1ccccc1C(=O)[O-])c1cc(S(=O)(=O)N2CCOCC2)c(Br)s1. The fourth-order valence-electron chi connectivity index (χ4n) is 2.52. The number of carboxylic acid groups (broad SMARTS) is 1. The average molecular weight is 474 g/mol. The molecule has 0 bridgehead atoms. The predicted octanol–water partition coefficient (Wildman–Crippen LogP) is 1.15. The Labute approximate surface area is 167 Å². The second-order valence-corrected chi connectivity index (χ2v) is 9.83. The van der Waals surface area contributed by atoms with Gasteiger partial charge in [0.2, 0.25) is 10.0 Å². The Morgan fingerprint density at radius 1 is 1.22 bits per heavy atom. The first kappa shape index (κ1) is 20.0. The number of carbonyl (C=O) groups excluding carboxylic acids is 2. The molecule has 1 N–H and O–H groups in total. The maximum absolute atomic E-state index is 12.8. The first-order valence-corrected chi connectivity index (χ1v) is 10.8. The molecular weight excluding hydrogens is 460 g/mol. The number of thiophene rings is 1. The lowest BCUT2D eigenvalue weighted by Gasteiger charge is -2.25. The standard InChI is InChI=1S/C16H15BrN2O6S2/c17-14-13(27(23,24)19-5-7-25-8-6-19)9-12(26-14)15(20)18-11-4-2-1-3-10(11)16(21)22/h1-4,9H,5-8H2,(H,18,20)(H,21,22)/p-1. The van der Waals surface area contributed by atoms with Crippen LogP contribution in [0.1, 0.15) is 20.0 Å². The number of nitrogens with one attached hydrogen (secondary N) is 1. The molecule has 1 aliphatic rings. The van der Waals surface area contributed by atoms with Gasteiger partial charge in [-0.05, 0) is 28.1 Å². The molecule has 8 nitrogen and oxygen atoms in total. The van der Waals surface area contributed by atoms with Crippen LogP contribution in [-0.2, 0) is 14.8 Å². The van der Waals surface area contributed by atoms with Crippen molar-refractivity contribution in [3.8, 4) is 0 Å². The molecule has 0 aliphatic carbocycles. The highest BCUT2D eigenvalue weighted by molar-refractivity contribution is 9.11. The summed E-state index contributed by atoms with van der Waals surface area (Å²) in [6, 6.07) is 7.09. The highest BCUT2D eigenvalue weighted by Crippen LogP contribution is 2.34. The van der Waals surface area contributed by atoms with Gasteiger partial charge >= 0.3 is 0 Å². The number of hydrogen-bond acceptors (Lipinski definition) is 7. The Kier molecular flexibility index (Phi) is 5.96. The van der Waals surface area contributed by atoms with Gasteiger partial charge in [-0.15, -0.1) is 11.3 Å². The Bertz CT molecular complexity index is 983. The highest BCUT2D eigenvalue weighted by Gasteiger charge is 2.30. The van der Waals surface area contributed by atoms with Gasteiger partial charge < -0.3 is 20.0 Å². The summed E-state index contributed by atoms with van der Waals surface area (Å²) in [6.45, 7) is 1.11. The number of aromatic carboxylic acids is 1. The van der Waals surface area contributed by atoms with Crippen LogP contribution in [-0.4, -0.2) is 50.9 Å². The van der Waals surface area contributed by atoms with Crippen molar-refractivity contribution < 1.29 is 27.9 Å². The molecule has 1 aromatic carbocycles. The summed E-state index contributed by atoms with van der Waals surface area (Å²) in [7, 11) is -3.77. The summed E-state index contributed by atoms with van der Waals surface area (Å²) in [4.78, 5) is 23.8. The predicted molar refractivity (Wildman–Crippen MR) is 100 cm³/mol. The summed E-state index contributed by atoms with van der Waals surface area (Å²) in [5.74, 6) is -2.04. The van der Waals surface area contributed by atoms with Crippen LogP contribution in [0, 0.1) is 0 Å². The van der Waals surface area contributed by atoms with Gasteiger partial charge in [-0.25, -0.2) is 8.42 Å². The van der Waals surface area contributed by atoms with E-state index in [4.69, 9.17) is 4.74 Å². The van der Waals surface area contributed by atoms with Crippen molar-refractivity contribution in [2.75, 3.05) is 31.6 Å². The first-order valence-electron chi connectivity index (χ1n) is 7.79. The number of carboxylic acids is 1. The number of benzene rings is 1. The number of anilines is 1. The van der Waals surface area contributed by atoms with Crippen molar-refractivity contribution in [1.29, 1.82) is 0 Å². The van der Waals surface area contributed by atoms with Gasteiger partial charge in [0.25, 0.3) is 5.91 Å². The van der Waals surface area contributed by atoms with Crippen LogP contribution in [0.15, 0.2) is 39.0 Å².